The highest BCUT2D eigenvalue weighted by Crippen LogP contribution is 2.23. The minimum Gasteiger partial charge on any atom is -0.492 e. The van der Waals surface area contributed by atoms with Gasteiger partial charge in [0.15, 0.2) is 5.82 Å². The van der Waals surface area contributed by atoms with Gasteiger partial charge in [-0.1, -0.05) is 11.2 Å². The summed E-state index contributed by atoms with van der Waals surface area (Å²) in [6, 6.07) is 7.85. The predicted octanol–water partition coefficient (Wildman–Crippen LogP) is 3.01. The van der Waals surface area contributed by atoms with Crippen LogP contribution in [0.2, 0.25) is 0 Å². The number of nitrogens with one attached hydrogen (secondary N) is 1. The number of aryl methyl sites for hydroxylation is 2. The van der Waals surface area contributed by atoms with Gasteiger partial charge in [-0.25, -0.2) is 0 Å². The zero-order valence-corrected chi connectivity index (χ0v) is 12.0. The van der Waals surface area contributed by atoms with E-state index >= 15 is 0 Å². The lowest BCUT2D eigenvalue weighted by atomic mass is 10.1. The first-order valence-electron chi connectivity index (χ1n) is 6.87. The van der Waals surface area contributed by atoms with Gasteiger partial charge in [-0.05, 0) is 44.4 Å². The van der Waals surface area contributed by atoms with E-state index in [1.54, 1.807) is 0 Å². The molecule has 0 saturated carbocycles. The molecule has 0 spiro atoms. The predicted molar refractivity (Wildman–Crippen MR) is 80.1 cm³/mol. The molecule has 1 aromatic heterocycles. The Balaban J connectivity index is 1.78. The second-order valence-electron chi connectivity index (χ2n) is 4.66. The smallest absolute Gasteiger partial charge is 0.169 e. The summed E-state index contributed by atoms with van der Waals surface area (Å²) < 4.78 is 10.4. The molecule has 0 amide bonds. The molecule has 0 bridgehead atoms. The van der Waals surface area contributed by atoms with Crippen molar-refractivity contribution in [1.29, 1.82) is 0 Å². The van der Waals surface area contributed by atoms with Crippen LogP contribution in [0, 0.1) is 6.92 Å². The summed E-state index contributed by atoms with van der Waals surface area (Å²) in [5.41, 5.74) is 7.85. The molecule has 1 aromatic carbocycles. The maximum atomic E-state index is 5.94. The first-order valence-corrected chi connectivity index (χ1v) is 6.87. The van der Waals surface area contributed by atoms with Gasteiger partial charge in [0.25, 0.3) is 0 Å². The van der Waals surface area contributed by atoms with Crippen molar-refractivity contribution < 1.29 is 9.26 Å². The lowest BCUT2D eigenvalue weighted by molar-refractivity contribution is 0.342. The minimum atomic E-state index is 0.630. The lowest BCUT2D eigenvalue weighted by Crippen LogP contribution is -2.03. The number of nitrogens with two attached hydrogens (primary N) is 1. The SMILES string of the molecule is CCOc1ccc(CCCNc2cc(C)on2)cc1N. The fraction of sp³-hybridized carbons (Fsp3) is 0.400. The average molecular weight is 275 g/mol. The van der Waals surface area contributed by atoms with Gasteiger partial charge in [0.2, 0.25) is 0 Å². The van der Waals surface area contributed by atoms with Gasteiger partial charge < -0.3 is 20.3 Å². The molecule has 0 atom stereocenters. The fourth-order valence-electron chi connectivity index (χ4n) is 2.00. The van der Waals surface area contributed by atoms with E-state index in [1.807, 2.05) is 32.0 Å². The van der Waals surface area contributed by atoms with E-state index < -0.39 is 0 Å². The fourth-order valence-corrected chi connectivity index (χ4v) is 2.00. The van der Waals surface area contributed by atoms with Gasteiger partial charge in [0.1, 0.15) is 11.5 Å². The van der Waals surface area contributed by atoms with E-state index in [-0.39, 0.29) is 0 Å². The third kappa shape index (κ3) is 3.91. The summed E-state index contributed by atoms with van der Waals surface area (Å²) in [4.78, 5) is 0. The molecule has 0 radical (unpaired) electrons. The van der Waals surface area contributed by atoms with Crippen LogP contribution >= 0.6 is 0 Å². The summed E-state index contributed by atoms with van der Waals surface area (Å²) in [6.07, 6.45) is 1.96. The van der Waals surface area contributed by atoms with Crippen LogP contribution in [0.1, 0.15) is 24.7 Å². The molecule has 0 saturated heterocycles. The molecule has 1 heterocycles. The number of anilines is 2. The molecule has 2 aromatic rings. The first-order chi connectivity index (χ1) is 9.69. The Morgan fingerprint density at radius 3 is 2.85 bits per heavy atom. The molecule has 0 unspecified atom stereocenters. The normalized spacial score (nSPS) is 10.5. The zero-order valence-electron chi connectivity index (χ0n) is 12.0. The Morgan fingerprint density at radius 2 is 2.20 bits per heavy atom. The van der Waals surface area contributed by atoms with Crippen molar-refractivity contribution in [2.75, 3.05) is 24.2 Å². The Labute approximate surface area is 119 Å². The number of benzene rings is 1. The molecule has 0 aliphatic carbocycles. The molecule has 0 fully saturated rings. The van der Waals surface area contributed by atoms with Crippen molar-refractivity contribution in [2.24, 2.45) is 0 Å². The van der Waals surface area contributed by atoms with E-state index in [9.17, 15) is 0 Å². The molecule has 2 rings (SSSR count). The summed E-state index contributed by atoms with van der Waals surface area (Å²) in [7, 11) is 0. The van der Waals surface area contributed by atoms with Crippen molar-refractivity contribution in [3.63, 3.8) is 0 Å². The monoisotopic (exact) mass is 275 g/mol. The maximum absolute atomic E-state index is 5.94. The van der Waals surface area contributed by atoms with Gasteiger partial charge in [0, 0.05) is 12.6 Å². The quantitative estimate of drug-likeness (QED) is 0.600. The second-order valence-corrected chi connectivity index (χ2v) is 4.66. The van der Waals surface area contributed by atoms with Gasteiger partial charge in [0.05, 0.1) is 12.3 Å². The number of rotatable bonds is 7. The summed E-state index contributed by atoms with van der Waals surface area (Å²) >= 11 is 0. The number of hydrogen-bond donors (Lipinski definition) is 2. The van der Waals surface area contributed by atoms with Gasteiger partial charge in [-0.3, -0.25) is 0 Å². The highest BCUT2D eigenvalue weighted by molar-refractivity contribution is 5.54. The second kappa shape index (κ2) is 6.84. The Kier molecular flexibility index (Phi) is 4.87. The standard InChI is InChI=1S/C15H21N3O2/c1-3-19-14-7-6-12(10-13(14)16)5-4-8-17-15-9-11(2)20-18-15/h6-7,9-10H,3-5,8,16H2,1-2H3,(H,17,18). The molecule has 3 N–H and O–H groups in total. The maximum Gasteiger partial charge on any atom is 0.169 e. The molecule has 108 valence electrons. The van der Waals surface area contributed by atoms with Crippen molar-refractivity contribution in [2.45, 2.75) is 26.7 Å². The zero-order chi connectivity index (χ0) is 14.4. The molecule has 0 aliphatic rings. The van der Waals surface area contributed by atoms with Gasteiger partial charge in [-0.15, -0.1) is 0 Å². The molecule has 5 heteroatoms. The summed E-state index contributed by atoms with van der Waals surface area (Å²) in [6.45, 7) is 5.30. The Hall–Kier alpha value is -2.17. The van der Waals surface area contributed by atoms with Gasteiger partial charge >= 0.3 is 0 Å². The Bertz CT molecular complexity index is 552. The summed E-state index contributed by atoms with van der Waals surface area (Å²) in [5, 5.41) is 7.11. The average Bonchev–Trinajstić information content (AvgIpc) is 2.84. The highest BCUT2D eigenvalue weighted by Gasteiger charge is 2.02. The van der Waals surface area contributed by atoms with Crippen molar-refractivity contribution >= 4 is 11.5 Å². The number of hydrogen-bond acceptors (Lipinski definition) is 5. The highest BCUT2D eigenvalue weighted by atomic mass is 16.5. The number of ether oxygens (including phenoxy) is 1. The van der Waals surface area contributed by atoms with Crippen molar-refractivity contribution in [1.82, 2.24) is 5.16 Å². The van der Waals surface area contributed by atoms with Crippen LogP contribution in [-0.4, -0.2) is 18.3 Å². The van der Waals surface area contributed by atoms with Crippen LogP contribution in [0.25, 0.3) is 0 Å². The van der Waals surface area contributed by atoms with E-state index in [2.05, 4.69) is 16.5 Å². The molecule has 0 aliphatic heterocycles. The lowest BCUT2D eigenvalue weighted by Gasteiger charge is -2.09. The van der Waals surface area contributed by atoms with Crippen LogP contribution in [0.5, 0.6) is 5.75 Å². The van der Waals surface area contributed by atoms with E-state index in [4.69, 9.17) is 15.0 Å². The summed E-state index contributed by atoms with van der Waals surface area (Å²) in [5.74, 6) is 2.35. The van der Waals surface area contributed by atoms with Crippen LogP contribution in [0.3, 0.4) is 0 Å². The topological polar surface area (TPSA) is 73.3 Å². The number of aromatic nitrogens is 1. The van der Waals surface area contributed by atoms with E-state index in [0.717, 1.165) is 36.7 Å². The molecule has 20 heavy (non-hydrogen) atoms. The molecular weight excluding hydrogens is 254 g/mol. The largest absolute Gasteiger partial charge is 0.492 e. The first kappa shape index (κ1) is 14.2. The van der Waals surface area contributed by atoms with Crippen LogP contribution in [0.4, 0.5) is 11.5 Å². The third-order valence-electron chi connectivity index (χ3n) is 2.95. The van der Waals surface area contributed by atoms with E-state index in [1.165, 1.54) is 5.56 Å². The number of nitrogen functional groups attached to an aromatic ring is 1. The van der Waals surface area contributed by atoms with Crippen LogP contribution in [-0.2, 0) is 6.42 Å². The van der Waals surface area contributed by atoms with E-state index in [0.29, 0.717) is 12.3 Å². The van der Waals surface area contributed by atoms with Gasteiger partial charge in [-0.2, -0.15) is 0 Å². The Morgan fingerprint density at radius 1 is 1.35 bits per heavy atom. The van der Waals surface area contributed by atoms with Crippen molar-refractivity contribution in [3.8, 4) is 5.75 Å². The van der Waals surface area contributed by atoms with Crippen LogP contribution < -0.4 is 15.8 Å². The number of nitrogens with zero attached hydrogens (tertiary/aromatic N) is 1. The van der Waals surface area contributed by atoms with Crippen LogP contribution in [0.15, 0.2) is 28.8 Å². The minimum absolute atomic E-state index is 0.630. The third-order valence-corrected chi connectivity index (χ3v) is 2.95. The molecule has 5 nitrogen and oxygen atoms in total. The van der Waals surface area contributed by atoms with Crippen molar-refractivity contribution in [3.05, 3.63) is 35.6 Å². The molecular formula is C15H21N3O2.